The van der Waals surface area contributed by atoms with E-state index in [0.29, 0.717) is 12.2 Å². The normalized spacial score (nSPS) is 41.0. The van der Waals surface area contributed by atoms with Gasteiger partial charge >= 0.3 is 5.97 Å². The SMILES string of the molecule is CC1C(COC(=O)c2ccccc2)OC(OC2C3COC(O3)[C@H](C)[C@H]2C)C(N=[N+]=[N-])[C@H]1C. The van der Waals surface area contributed by atoms with E-state index in [4.69, 9.17) is 29.2 Å². The van der Waals surface area contributed by atoms with Gasteiger partial charge in [-0.3, -0.25) is 0 Å². The average Bonchev–Trinajstić information content (AvgIpc) is 3.26. The molecule has 0 amide bonds. The molecule has 1 aromatic carbocycles. The molecule has 10 atom stereocenters. The van der Waals surface area contributed by atoms with Gasteiger partial charge in [0.15, 0.2) is 12.6 Å². The number of fused-ring (bicyclic) bond motifs is 2. The van der Waals surface area contributed by atoms with Crippen LogP contribution in [0.3, 0.4) is 0 Å². The molecule has 2 bridgehead atoms. The van der Waals surface area contributed by atoms with Crippen LogP contribution in [0.5, 0.6) is 0 Å². The fourth-order valence-corrected chi connectivity index (χ4v) is 4.75. The lowest BCUT2D eigenvalue weighted by Gasteiger charge is -2.46. The second-order valence-corrected chi connectivity index (χ2v) is 9.12. The van der Waals surface area contributed by atoms with Crippen LogP contribution in [0.25, 0.3) is 10.4 Å². The third kappa shape index (κ3) is 4.49. The molecule has 1 aromatic rings. The topological polar surface area (TPSA) is 112 Å². The lowest BCUT2D eigenvalue weighted by Crippen LogP contribution is -2.55. The van der Waals surface area contributed by atoms with Gasteiger partial charge in [0.2, 0.25) is 0 Å². The van der Waals surface area contributed by atoms with E-state index in [-0.39, 0.29) is 48.8 Å². The highest BCUT2D eigenvalue weighted by molar-refractivity contribution is 5.89. The fraction of sp³-hybridized carbons (Fsp3) is 0.696. The van der Waals surface area contributed by atoms with Crippen LogP contribution >= 0.6 is 0 Å². The molecule has 0 radical (unpaired) electrons. The number of nitrogens with zero attached hydrogens (tertiary/aromatic N) is 3. The maximum Gasteiger partial charge on any atom is 0.338 e. The zero-order valence-corrected chi connectivity index (χ0v) is 18.9. The second kappa shape index (κ2) is 9.77. The first kappa shape index (κ1) is 23.0. The summed E-state index contributed by atoms with van der Waals surface area (Å²) in [5.74, 6) is -0.0947. The molecule has 0 spiro atoms. The highest BCUT2D eigenvalue weighted by Gasteiger charge is 2.50. The van der Waals surface area contributed by atoms with Gasteiger partial charge in [0.05, 0.1) is 30.4 Å². The summed E-state index contributed by atoms with van der Waals surface area (Å²) in [5.41, 5.74) is 9.63. The molecule has 0 saturated carbocycles. The summed E-state index contributed by atoms with van der Waals surface area (Å²) in [5, 5.41) is 4.00. The molecule has 3 aliphatic rings. The Hall–Kier alpha value is -2.16. The summed E-state index contributed by atoms with van der Waals surface area (Å²) < 4.78 is 29.9. The van der Waals surface area contributed by atoms with Gasteiger partial charge in [-0.15, -0.1) is 0 Å². The molecule has 0 aromatic heterocycles. The van der Waals surface area contributed by atoms with E-state index in [9.17, 15) is 4.79 Å². The number of esters is 1. The van der Waals surface area contributed by atoms with Crippen molar-refractivity contribution in [3.05, 3.63) is 46.3 Å². The molecular formula is C23H31N3O6. The summed E-state index contributed by atoms with van der Waals surface area (Å²) in [4.78, 5) is 15.4. The first-order valence-electron chi connectivity index (χ1n) is 11.2. The van der Waals surface area contributed by atoms with Crippen molar-refractivity contribution in [1.29, 1.82) is 0 Å². The minimum atomic E-state index is -0.766. The minimum absolute atomic E-state index is 0.00734. The Morgan fingerprint density at radius 1 is 1.09 bits per heavy atom. The third-order valence-electron chi connectivity index (χ3n) is 7.28. The van der Waals surface area contributed by atoms with Crippen LogP contribution in [0, 0.1) is 23.7 Å². The molecule has 32 heavy (non-hydrogen) atoms. The van der Waals surface area contributed by atoms with Crippen molar-refractivity contribution in [1.82, 2.24) is 0 Å². The standard InChI is InChI=1S/C23H31N3O6/c1-12-13(2)19(25-26-24)23(32-20-14(3)15(4)22-29-11-18(20)31-22)30-17(12)10-28-21(27)16-8-6-5-7-9-16/h5-9,12-15,17-20,22-23H,10-11H2,1-4H3/t12?,13-,14+,15+,17?,18?,19?,20?,22?,23?/m0/s1. The number of benzene rings is 1. The number of rotatable bonds is 6. The smallest absolute Gasteiger partial charge is 0.338 e. The molecule has 9 heteroatoms. The number of hydrogen-bond acceptors (Lipinski definition) is 7. The Balaban J connectivity index is 1.47. The summed E-state index contributed by atoms with van der Waals surface area (Å²) in [7, 11) is 0. The van der Waals surface area contributed by atoms with Gasteiger partial charge in [-0.1, -0.05) is 51.0 Å². The summed E-state index contributed by atoms with van der Waals surface area (Å²) in [6.07, 6.45) is -1.81. The van der Waals surface area contributed by atoms with Crippen molar-refractivity contribution in [2.24, 2.45) is 28.8 Å². The molecule has 3 heterocycles. The first-order valence-corrected chi connectivity index (χ1v) is 11.2. The molecule has 3 aliphatic heterocycles. The van der Waals surface area contributed by atoms with E-state index in [1.165, 1.54) is 0 Å². The van der Waals surface area contributed by atoms with Gasteiger partial charge in [-0.05, 0) is 35.4 Å². The number of hydrogen-bond donors (Lipinski definition) is 0. The quantitative estimate of drug-likeness (QED) is 0.284. The van der Waals surface area contributed by atoms with Crippen LogP contribution in [-0.4, -0.2) is 56.1 Å². The highest BCUT2D eigenvalue weighted by atomic mass is 16.8. The van der Waals surface area contributed by atoms with Crippen molar-refractivity contribution in [3.8, 4) is 0 Å². The van der Waals surface area contributed by atoms with Crippen LogP contribution in [0.15, 0.2) is 35.4 Å². The van der Waals surface area contributed by atoms with Crippen molar-refractivity contribution in [2.75, 3.05) is 13.2 Å². The number of carbonyl (C=O) groups excluding carboxylic acids is 1. The molecule has 7 unspecified atom stereocenters. The van der Waals surface area contributed by atoms with E-state index in [1.54, 1.807) is 24.3 Å². The zero-order valence-electron chi connectivity index (χ0n) is 18.9. The maximum atomic E-state index is 12.4. The largest absolute Gasteiger partial charge is 0.459 e. The fourth-order valence-electron chi connectivity index (χ4n) is 4.75. The van der Waals surface area contributed by atoms with Crippen LogP contribution < -0.4 is 0 Å². The second-order valence-electron chi connectivity index (χ2n) is 9.12. The molecular weight excluding hydrogens is 414 g/mol. The van der Waals surface area contributed by atoms with Crippen LogP contribution in [0.1, 0.15) is 38.1 Å². The molecule has 3 fully saturated rings. The molecule has 0 N–H and O–H groups in total. The van der Waals surface area contributed by atoms with Gasteiger partial charge < -0.3 is 23.7 Å². The molecule has 0 aliphatic carbocycles. The average molecular weight is 446 g/mol. The summed E-state index contributed by atoms with van der Waals surface area (Å²) >= 11 is 0. The van der Waals surface area contributed by atoms with Crippen LogP contribution in [0.2, 0.25) is 0 Å². The number of ether oxygens (including phenoxy) is 5. The van der Waals surface area contributed by atoms with Crippen molar-refractivity contribution in [2.45, 2.75) is 64.6 Å². The first-order chi connectivity index (χ1) is 15.4. The predicted molar refractivity (Wildman–Crippen MR) is 114 cm³/mol. The predicted octanol–water partition coefficient (Wildman–Crippen LogP) is 3.93. The lowest BCUT2D eigenvalue weighted by molar-refractivity contribution is -0.286. The molecule has 4 rings (SSSR count). The number of azide groups is 1. The van der Waals surface area contributed by atoms with Gasteiger partial charge in [0.25, 0.3) is 0 Å². The summed E-state index contributed by atoms with van der Waals surface area (Å²) in [6, 6.07) is 8.34. The Kier molecular flexibility index (Phi) is 7.02. The minimum Gasteiger partial charge on any atom is -0.459 e. The van der Waals surface area contributed by atoms with Gasteiger partial charge in [0, 0.05) is 10.8 Å². The van der Waals surface area contributed by atoms with Crippen molar-refractivity contribution in [3.63, 3.8) is 0 Å². The highest BCUT2D eigenvalue weighted by Crippen LogP contribution is 2.41. The van der Waals surface area contributed by atoms with Crippen molar-refractivity contribution >= 4 is 5.97 Å². The zero-order chi connectivity index (χ0) is 22.8. The lowest BCUT2D eigenvalue weighted by atomic mass is 9.82. The van der Waals surface area contributed by atoms with Crippen LogP contribution in [0.4, 0.5) is 0 Å². The van der Waals surface area contributed by atoms with Crippen LogP contribution in [-0.2, 0) is 23.7 Å². The third-order valence-corrected chi connectivity index (χ3v) is 7.28. The summed E-state index contributed by atoms with van der Waals surface area (Å²) in [6.45, 7) is 8.76. The molecule has 3 saturated heterocycles. The number of carbonyl (C=O) groups is 1. The van der Waals surface area contributed by atoms with E-state index < -0.39 is 24.4 Å². The van der Waals surface area contributed by atoms with Crippen molar-refractivity contribution < 1.29 is 28.5 Å². The Morgan fingerprint density at radius 3 is 2.56 bits per heavy atom. The van der Waals surface area contributed by atoms with E-state index in [2.05, 4.69) is 23.9 Å². The van der Waals surface area contributed by atoms with E-state index in [0.717, 1.165) is 0 Å². The van der Waals surface area contributed by atoms with Gasteiger partial charge in [-0.25, -0.2) is 4.79 Å². The van der Waals surface area contributed by atoms with Gasteiger partial charge in [-0.2, -0.15) is 0 Å². The molecule has 9 nitrogen and oxygen atoms in total. The maximum absolute atomic E-state index is 12.4. The van der Waals surface area contributed by atoms with E-state index in [1.807, 2.05) is 19.9 Å². The Morgan fingerprint density at radius 2 is 1.84 bits per heavy atom. The van der Waals surface area contributed by atoms with Gasteiger partial charge in [0.1, 0.15) is 12.7 Å². The Labute approximate surface area is 187 Å². The van der Waals surface area contributed by atoms with E-state index >= 15 is 0 Å². The molecule has 174 valence electrons. The Bertz CT molecular complexity index is 847. The monoisotopic (exact) mass is 445 g/mol.